The molecule has 0 bridgehead atoms. The van der Waals surface area contributed by atoms with Crippen LogP contribution in [0.4, 0.5) is 0 Å². The van der Waals surface area contributed by atoms with Crippen molar-refractivity contribution in [2.75, 3.05) is 6.54 Å². The first-order valence-electron chi connectivity index (χ1n) is 8.06. The zero-order valence-corrected chi connectivity index (χ0v) is 12.7. The molecule has 116 valence electrons. The van der Waals surface area contributed by atoms with E-state index in [1.165, 1.54) is 0 Å². The molecule has 6 heteroatoms. The van der Waals surface area contributed by atoms with Crippen molar-refractivity contribution in [2.24, 2.45) is 5.73 Å². The van der Waals surface area contributed by atoms with Gasteiger partial charge in [0.1, 0.15) is 6.04 Å². The molecule has 1 aromatic heterocycles. The van der Waals surface area contributed by atoms with E-state index in [2.05, 4.69) is 10.1 Å². The Labute approximate surface area is 125 Å². The number of aromatic nitrogens is 2. The van der Waals surface area contributed by atoms with Crippen molar-refractivity contribution in [1.29, 1.82) is 0 Å². The topological polar surface area (TPSA) is 85.2 Å². The van der Waals surface area contributed by atoms with Crippen LogP contribution in [-0.4, -0.2) is 27.5 Å². The van der Waals surface area contributed by atoms with Gasteiger partial charge in [-0.1, -0.05) is 24.9 Å². The van der Waals surface area contributed by atoms with Gasteiger partial charge in [-0.05, 0) is 32.1 Å². The highest BCUT2D eigenvalue weighted by Crippen LogP contribution is 2.37. The molecule has 2 N–H and O–H groups in total. The fourth-order valence-corrected chi connectivity index (χ4v) is 3.48. The molecule has 2 fully saturated rings. The molecule has 2 aliphatic rings. The van der Waals surface area contributed by atoms with Gasteiger partial charge in [0.25, 0.3) is 0 Å². The first-order chi connectivity index (χ1) is 10.1. The third-order valence-corrected chi connectivity index (χ3v) is 4.70. The Bertz CT molecular complexity index is 508. The molecule has 3 rings (SSSR count). The molecule has 0 aromatic carbocycles. The van der Waals surface area contributed by atoms with Gasteiger partial charge >= 0.3 is 0 Å². The van der Waals surface area contributed by atoms with Crippen LogP contribution >= 0.6 is 0 Å². The number of hydrogen-bond donors (Lipinski definition) is 1. The standard InChI is InChI=1S/C15H24N4O2/c1-2-6-12(20)19-10-5-7-11(19)13-17-14(18-21-13)15(16)8-3-4-9-15/h11H,2-10,16H2,1H3. The van der Waals surface area contributed by atoms with E-state index in [1.54, 1.807) is 0 Å². The van der Waals surface area contributed by atoms with E-state index in [0.717, 1.165) is 51.5 Å². The summed E-state index contributed by atoms with van der Waals surface area (Å²) in [5, 5.41) is 4.11. The van der Waals surface area contributed by atoms with E-state index in [9.17, 15) is 4.79 Å². The van der Waals surface area contributed by atoms with E-state index < -0.39 is 5.54 Å². The number of likely N-dealkylation sites (tertiary alicyclic amines) is 1. The second-order valence-electron chi connectivity index (χ2n) is 6.31. The molecule has 1 unspecified atom stereocenters. The van der Waals surface area contributed by atoms with Crippen molar-refractivity contribution < 1.29 is 9.32 Å². The van der Waals surface area contributed by atoms with Crippen LogP contribution in [0, 0.1) is 0 Å². The minimum atomic E-state index is -0.432. The number of hydrogen-bond acceptors (Lipinski definition) is 5. The third-order valence-electron chi connectivity index (χ3n) is 4.70. The molecule has 0 spiro atoms. The predicted molar refractivity (Wildman–Crippen MR) is 77.2 cm³/mol. The minimum absolute atomic E-state index is 0.0599. The Morgan fingerprint density at radius 3 is 2.90 bits per heavy atom. The van der Waals surface area contributed by atoms with Crippen molar-refractivity contribution in [2.45, 2.75) is 69.9 Å². The summed E-state index contributed by atoms with van der Waals surface area (Å²) in [4.78, 5) is 18.6. The quantitative estimate of drug-likeness (QED) is 0.920. The van der Waals surface area contributed by atoms with Crippen molar-refractivity contribution >= 4 is 5.91 Å². The molecule has 6 nitrogen and oxygen atoms in total. The largest absolute Gasteiger partial charge is 0.337 e. The number of nitrogens with two attached hydrogens (primary N) is 1. The van der Waals surface area contributed by atoms with E-state index in [0.29, 0.717) is 18.1 Å². The molecule has 1 aliphatic heterocycles. The van der Waals surface area contributed by atoms with Crippen LogP contribution in [0.25, 0.3) is 0 Å². The van der Waals surface area contributed by atoms with Gasteiger partial charge in [0, 0.05) is 13.0 Å². The minimum Gasteiger partial charge on any atom is -0.337 e. The zero-order valence-electron chi connectivity index (χ0n) is 12.7. The van der Waals surface area contributed by atoms with Gasteiger partial charge in [-0.2, -0.15) is 4.98 Å². The summed E-state index contributed by atoms with van der Waals surface area (Å²) in [5.74, 6) is 1.36. The fourth-order valence-electron chi connectivity index (χ4n) is 3.48. The molecule has 1 saturated heterocycles. The summed E-state index contributed by atoms with van der Waals surface area (Å²) in [6.07, 6.45) is 7.39. The maximum absolute atomic E-state index is 12.2. The summed E-state index contributed by atoms with van der Waals surface area (Å²) in [6, 6.07) is -0.0599. The predicted octanol–water partition coefficient (Wildman–Crippen LogP) is 2.26. The van der Waals surface area contributed by atoms with E-state index >= 15 is 0 Å². The van der Waals surface area contributed by atoms with Crippen molar-refractivity contribution in [3.8, 4) is 0 Å². The van der Waals surface area contributed by atoms with Crippen LogP contribution in [-0.2, 0) is 10.3 Å². The molecule has 1 aromatic rings. The summed E-state index contributed by atoms with van der Waals surface area (Å²) in [7, 11) is 0. The van der Waals surface area contributed by atoms with Gasteiger partial charge in [0.05, 0.1) is 5.54 Å². The summed E-state index contributed by atoms with van der Waals surface area (Å²) in [6.45, 7) is 2.81. The monoisotopic (exact) mass is 292 g/mol. The third kappa shape index (κ3) is 2.69. The molecule has 21 heavy (non-hydrogen) atoms. The van der Waals surface area contributed by atoms with Gasteiger partial charge in [0.2, 0.25) is 11.8 Å². The van der Waals surface area contributed by atoms with E-state index in [-0.39, 0.29) is 11.9 Å². The molecule has 1 amide bonds. The highest BCUT2D eigenvalue weighted by atomic mass is 16.5. The Balaban J connectivity index is 1.77. The van der Waals surface area contributed by atoms with Crippen molar-refractivity contribution in [3.05, 3.63) is 11.7 Å². The Morgan fingerprint density at radius 2 is 2.19 bits per heavy atom. The Hall–Kier alpha value is -1.43. The number of amides is 1. The lowest BCUT2D eigenvalue weighted by molar-refractivity contribution is -0.132. The fraction of sp³-hybridized carbons (Fsp3) is 0.800. The first kappa shape index (κ1) is 14.5. The van der Waals surface area contributed by atoms with E-state index in [1.807, 2.05) is 11.8 Å². The second kappa shape index (κ2) is 5.75. The zero-order chi connectivity index (χ0) is 14.9. The molecule has 1 atom stereocenters. The summed E-state index contributed by atoms with van der Waals surface area (Å²) < 4.78 is 5.45. The van der Waals surface area contributed by atoms with Crippen LogP contribution in [0.5, 0.6) is 0 Å². The van der Waals surface area contributed by atoms with Gasteiger partial charge < -0.3 is 15.2 Å². The highest BCUT2D eigenvalue weighted by molar-refractivity contribution is 5.76. The highest BCUT2D eigenvalue weighted by Gasteiger charge is 2.39. The summed E-state index contributed by atoms with van der Waals surface area (Å²) in [5.41, 5.74) is 5.94. The average Bonchev–Trinajstić information content (AvgIpc) is 3.18. The molecule has 1 saturated carbocycles. The second-order valence-corrected chi connectivity index (χ2v) is 6.31. The Morgan fingerprint density at radius 1 is 1.43 bits per heavy atom. The number of rotatable bonds is 4. The number of carbonyl (C=O) groups excluding carboxylic acids is 1. The smallest absolute Gasteiger partial charge is 0.249 e. The van der Waals surface area contributed by atoms with Crippen LogP contribution in [0.15, 0.2) is 4.52 Å². The van der Waals surface area contributed by atoms with Gasteiger partial charge in [-0.25, -0.2) is 0 Å². The molecular weight excluding hydrogens is 268 g/mol. The maximum atomic E-state index is 12.2. The molecular formula is C15H24N4O2. The molecule has 2 heterocycles. The lowest BCUT2D eigenvalue weighted by Gasteiger charge is -2.22. The SMILES string of the molecule is CCCC(=O)N1CCCC1c1nc(C2(N)CCCC2)no1. The summed E-state index contributed by atoms with van der Waals surface area (Å²) >= 11 is 0. The number of nitrogens with zero attached hydrogens (tertiary/aromatic N) is 3. The lowest BCUT2D eigenvalue weighted by Crippen LogP contribution is -2.34. The van der Waals surface area contributed by atoms with Crippen LogP contribution in [0.3, 0.4) is 0 Å². The van der Waals surface area contributed by atoms with Crippen molar-refractivity contribution in [1.82, 2.24) is 15.0 Å². The van der Waals surface area contributed by atoms with Crippen LogP contribution in [0.2, 0.25) is 0 Å². The lowest BCUT2D eigenvalue weighted by atomic mass is 9.98. The average molecular weight is 292 g/mol. The Kier molecular flexibility index (Phi) is 3.97. The molecule has 1 aliphatic carbocycles. The van der Waals surface area contributed by atoms with Gasteiger partial charge in [0.15, 0.2) is 5.82 Å². The van der Waals surface area contributed by atoms with Gasteiger partial charge in [-0.15, -0.1) is 0 Å². The van der Waals surface area contributed by atoms with Crippen LogP contribution < -0.4 is 5.73 Å². The first-order valence-corrected chi connectivity index (χ1v) is 8.06. The van der Waals surface area contributed by atoms with E-state index in [4.69, 9.17) is 10.3 Å². The van der Waals surface area contributed by atoms with Gasteiger partial charge in [-0.3, -0.25) is 4.79 Å². The molecule has 0 radical (unpaired) electrons. The van der Waals surface area contributed by atoms with Crippen LogP contribution in [0.1, 0.15) is 76.0 Å². The van der Waals surface area contributed by atoms with Crippen molar-refractivity contribution in [3.63, 3.8) is 0 Å². The normalized spacial score (nSPS) is 24.7. The number of carbonyl (C=O) groups is 1. The maximum Gasteiger partial charge on any atom is 0.249 e.